The van der Waals surface area contributed by atoms with E-state index in [1.165, 1.54) is 11.8 Å². The first-order valence-electron chi connectivity index (χ1n) is 10.9. The van der Waals surface area contributed by atoms with E-state index < -0.39 is 0 Å². The minimum atomic E-state index is -0.181. The molecular weight excluding hydrogens is 532 g/mol. The van der Waals surface area contributed by atoms with Crippen molar-refractivity contribution < 1.29 is 4.39 Å². The molecule has 0 spiro atoms. The standard InChI is InChI=1S/C24H32FN7.HI/c1-19-29-30-23(32(19)3)18-28-24(27-16-14-20-10-7-8-13-22(20)25)26-15-9-17-31(2)21-11-5-4-6-12-21;/h4-8,10-13H,9,14-18H2,1-3H3,(H2,26,27,28);1H. The number of aromatic nitrogens is 3. The maximum atomic E-state index is 13.9. The Morgan fingerprint density at radius 3 is 2.42 bits per heavy atom. The molecule has 0 unspecified atom stereocenters. The van der Waals surface area contributed by atoms with Gasteiger partial charge in [0.15, 0.2) is 11.8 Å². The van der Waals surface area contributed by atoms with Crippen molar-refractivity contribution in [3.05, 3.63) is 77.6 Å². The number of aryl methyl sites for hydroxylation is 1. The van der Waals surface area contributed by atoms with E-state index in [4.69, 9.17) is 0 Å². The Labute approximate surface area is 212 Å². The molecule has 0 aliphatic rings. The Hall–Kier alpha value is -2.69. The van der Waals surface area contributed by atoms with Crippen molar-refractivity contribution in [3.8, 4) is 0 Å². The lowest BCUT2D eigenvalue weighted by molar-refractivity contribution is 0.606. The van der Waals surface area contributed by atoms with Crippen molar-refractivity contribution in [2.24, 2.45) is 12.0 Å². The van der Waals surface area contributed by atoms with Crippen molar-refractivity contribution in [2.45, 2.75) is 26.3 Å². The molecule has 2 aromatic carbocycles. The predicted octanol–water partition coefficient (Wildman–Crippen LogP) is 3.69. The first kappa shape index (κ1) is 26.6. The Morgan fingerprint density at radius 1 is 1.03 bits per heavy atom. The molecular formula is C24H33FIN7. The molecule has 0 saturated carbocycles. The predicted molar refractivity (Wildman–Crippen MR) is 143 cm³/mol. The number of halogens is 2. The largest absolute Gasteiger partial charge is 0.375 e. The van der Waals surface area contributed by atoms with E-state index in [0.29, 0.717) is 31.0 Å². The van der Waals surface area contributed by atoms with E-state index in [1.807, 2.05) is 48.9 Å². The average molecular weight is 565 g/mol. The van der Waals surface area contributed by atoms with Gasteiger partial charge in [-0.05, 0) is 43.5 Å². The fraction of sp³-hybridized carbons (Fsp3) is 0.375. The molecule has 0 saturated heterocycles. The molecule has 7 nitrogen and oxygen atoms in total. The zero-order valence-corrected chi connectivity index (χ0v) is 21.8. The summed E-state index contributed by atoms with van der Waals surface area (Å²) in [6, 6.07) is 17.2. The molecule has 1 aromatic heterocycles. The maximum absolute atomic E-state index is 13.9. The van der Waals surface area contributed by atoms with Gasteiger partial charge in [-0.15, -0.1) is 34.2 Å². The third-order valence-electron chi connectivity index (χ3n) is 5.37. The Kier molecular flexibility index (Phi) is 11.1. The third kappa shape index (κ3) is 8.30. The van der Waals surface area contributed by atoms with Gasteiger partial charge in [-0.1, -0.05) is 36.4 Å². The van der Waals surface area contributed by atoms with Gasteiger partial charge in [0.1, 0.15) is 18.2 Å². The highest BCUT2D eigenvalue weighted by atomic mass is 127. The van der Waals surface area contributed by atoms with Crippen LogP contribution in [0.25, 0.3) is 0 Å². The van der Waals surface area contributed by atoms with Crippen LogP contribution < -0.4 is 15.5 Å². The number of hydrogen-bond donors (Lipinski definition) is 2. The second-order valence-corrected chi connectivity index (χ2v) is 7.69. The highest BCUT2D eigenvalue weighted by molar-refractivity contribution is 14.0. The van der Waals surface area contributed by atoms with Gasteiger partial charge in [0.2, 0.25) is 0 Å². The Balaban J connectivity index is 0.00000385. The van der Waals surface area contributed by atoms with E-state index in [2.05, 4.69) is 49.9 Å². The fourth-order valence-electron chi connectivity index (χ4n) is 3.26. The summed E-state index contributed by atoms with van der Waals surface area (Å²) in [6.07, 6.45) is 1.52. The second kappa shape index (κ2) is 13.8. The van der Waals surface area contributed by atoms with Crippen LogP contribution in [0.1, 0.15) is 23.6 Å². The molecule has 33 heavy (non-hydrogen) atoms. The van der Waals surface area contributed by atoms with Gasteiger partial charge in [-0.2, -0.15) is 0 Å². The minimum absolute atomic E-state index is 0. The molecule has 3 rings (SSSR count). The van der Waals surface area contributed by atoms with Crippen LogP contribution in [0.5, 0.6) is 0 Å². The maximum Gasteiger partial charge on any atom is 0.191 e. The van der Waals surface area contributed by atoms with Gasteiger partial charge >= 0.3 is 0 Å². The number of para-hydroxylation sites is 1. The summed E-state index contributed by atoms with van der Waals surface area (Å²) < 4.78 is 15.8. The quantitative estimate of drug-likeness (QED) is 0.170. The monoisotopic (exact) mass is 565 g/mol. The zero-order chi connectivity index (χ0) is 22.8. The van der Waals surface area contributed by atoms with Crippen molar-refractivity contribution in [2.75, 3.05) is 31.6 Å². The summed E-state index contributed by atoms with van der Waals surface area (Å²) in [5, 5.41) is 15.0. The number of rotatable bonds is 10. The number of anilines is 1. The van der Waals surface area contributed by atoms with Gasteiger partial charge in [0, 0.05) is 39.4 Å². The zero-order valence-electron chi connectivity index (χ0n) is 19.5. The highest BCUT2D eigenvalue weighted by Gasteiger charge is 2.07. The number of hydrogen-bond acceptors (Lipinski definition) is 4. The van der Waals surface area contributed by atoms with Crippen molar-refractivity contribution in [1.29, 1.82) is 0 Å². The lowest BCUT2D eigenvalue weighted by Gasteiger charge is -2.19. The molecule has 0 fully saturated rings. The fourth-order valence-corrected chi connectivity index (χ4v) is 3.26. The first-order valence-corrected chi connectivity index (χ1v) is 10.9. The molecule has 0 radical (unpaired) electrons. The van der Waals surface area contributed by atoms with Crippen LogP contribution in [0.4, 0.5) is 10.1 Å². The molecule has 1 heterocycles. The third-order valence-corrected chi connectivity index (χ3v) is 5.37. The van der Waals surface area contributed by atoms with Crippen LogP contribution in [-0.2, 0) is 20.0 Å². The van der Waals surface area contributed by atoms with Gasteiger partial charge in [0.25, 0.3) is 0 Å². The Bertz CT molecular complexity index is 1010. The van der Waals surface area contributed by atoms with E-state index in [1.54, 1.807) is 6.07 Å². The number of aliphatic imine (C=N–C) groups is 1. The average Bonchev–Trinajstić information content (AvgIpc) is 3.13. The van der Waals surface area contributed by atoms with Crippen LogP contribution in [0.2, 0.25) is 0 Å². The number of guanidine groups is 1. The van der Waals surface area contributed by atoms with Gasteiger partial charge in [-0.25, -0.2) is 9.38 Å². The van der Waals surface area contributed by atoms with E-state index in [9.17, 15) is 4.39 Å². The summed E-state index contributed by atoms with van der Waals surface area (Å²) in [4.78, 5) is 6.89. The van der Waals surface area contributed by atoms with Crippen LogP contribution in [0.15, 0.2) is 59.6 Å². The van der Waals surface area contributed by atoms with Gasteiger partial charge in [0.05, 0.1) is 0 Å². The molecule has 0 aliphatic carbocycles. The summed E-state index contributed by atoms with van der Waals surface area (Å²) in [5.41, 5.74) is 1.88. The Morgan fingerprint density at radius 2 is 1.73 bits per heavy atom. The molecule has 2 N–H and O–H groups in total. The molecule has 0 aliphatic heterocycles. The normalized spacial score (nSPS) is 11.1. The van der Waals surface area contributed by atoms with E-state index in [-0.39, 0.29) is 29.8 Å². The molecule has 0 amide bonds. The van der Waals surface area contributed by atoms with Crippen LogP contribution in [0, 0.1) is 12.7 Å². The summed E-state index contributed by atoms with van der Waals surface area (Å²) >= 11 is 0. The van der Waals surface area contributed by atoms with E-state index in [0.717, 1.165) is 31.2 Å². The van der Waals surface area contributed by atoms with Gasteiger partial charge < -0.3 is 20.1 Å². The highest BCUT2D eigenvalue weighted by Crippen LogP contribution is 2.10. The second-order valence-electron chi connectivity index (χ2n) is 7.69. The number of benzene rings is 2. The molecule has 178 valence electrons. The summed E-state index contributed by atoms with van der Waals surface area (Å²) in [7, 11) is 4.02. The topological polar surface area (TPSA) is 70.4 Å². The van der Waals surface area contributed by atoms with Crippen LogP contribution in [0.3, 0.4) is 0 Å². The molecule has 0 bridgehead atoms. The minimum Gasteiger partial charge on any atom is -0.375 e. The lowest BCUT2D eigenvalue weighted by atomic mass is 10.1. The molecule has 3 aromatic rings. The first-order chi connectivity index (χ1) is 15.5. The SMILES string of the molecule is Cc1nnc(CN=C(NCCCN(C)c2ccccc2)NCCc2ccccc2F)n1C.I. The number of nitrogens with zero attached hydrogens (tertiary/aromatic N) is 5. The van der Waals surface area contributed by atoms with Gasteiger partial charge in [-0.3, -0.25) is 0 Å². The number of nitrogens with one attached hydrogen (secondary N) is 2. The lowest BCUT2D eigenvalue weighted by Crippen LogP contribution is -2.39. The summed E-state index contributed by atoms with van der Waals surface area (Å²) in [5.74, 6) is 2.14. The molecule has 9 heteroatoms. The van der Waals surface area contributed by atoms with Crippen LogP contribution in [-0.4, -0.2) is 47.4 Å². The molecule has 0 atom stereocenters. The van der Waals surface area contributed by atoms with Crippen molar-refractivity contribution in [1.82, 2.24) is 25.4 Å². The van der Waals surface area contributed by atoms with Crippen molar-refractivity contribution >= 4 is 35.6 Å². The summed E-state index contributed by atoms with van der Waals surface area (Å²) in [6.45, 7) is 4.59. The van der Waals surface area contributed by atoms with E-state index >= 15 is 0 Å². The van der Waals surface area contributed by atoms with Crippen molar-refractivity contribution in [3.63, 3.8) is 0 Å². The smallest absolute Gasteiger partial charge is 0.191 e. The van der Waals surface area contributed by atoms with Crippen LogP contribution >= 0.6 is 24.0 Å².